The molecule has 19 heavy (non-hydrogen) atoms. The van der Waals surface area contributed by atoms with Crippen molar-refractivity contribution in [3.8, 4) is 0 Å². The molecule has 1 unspecified atom stereocenters. The number of hydrogen-bond acceptors (Lipinski definition) is 3. The standard InChI is InChI=1S/C15H13FN2O/c1-9-4-2-7-12(18-9)14(17)13-8-10-5-3-6-11(16)15(10)19-13/h2-8,14H,17H2,1H3. The lowest BCUT2D eigenvalue weighted by atomic mass is 10.1. The van der Waals surface area contributed by atoms with Crippen LogP contribution in [-0.4, -0.2) is 4.98 Å². The molecule has 3 nitrogen and oxygen atoms in total. The van der Waals surface area contributed by atoms with Crippen molar-refractivity contribution in [1.29, 1.82) is 0 Å². The molecule has 2 aromatic heterocycles. The maximum Gasteiger partial charge on any atom is 0.169 e. The summed E-state index contributed by atoms with van der Waals surface area (Å²) >= 11 is 0. The van der Waals surface area contributed by atoms with E-state index in [1.807, 2.05) is 25.1 Å². The molecule has 0 aliphatic heterocycles. The zero-order valence-corrected chi connectivity index (χ0v) is 10.4. The Morgan fingerprint density at radius 2 is 2.00 bits per heavy atom. The van der Waals surface area contributed by atoms with Gasteiger partial charge in [0.05, 0.1) is 5.69 Å². The van der Waals surface area contributed by atoms with Gasteiger partial charge in [0.25, 0.3) is 0 Å². The number of nitrogens with zero attached hydrogens (tertiary/aromatic N) is 1. The number of halogens is 1. The van der Waals surface area contributed by atoms with Crippen LogP contribution in [0.1, 0.15) is 23.2 Å². The fraction of sp³-hybridized carbons (Fsp3) is 0.133. The van der Waals surface area contributed by atoms with Crippen molar-refractivity contribution >= 4 is 11.0 Å². The topological polar surface area (TPSA) is 52.0 Å². The number of pyridine rings is 1. The van der Waals surface area contributed by atoms with Gasteiger partial charge >= 0.3 is 0 Å². The number of para-hydroxylation sites is 1. The van der Waals surface area contributed by atoms with Gasteiger partial charge in [-0.1, -0.05) is 18.2 Å². The molecule has 3 aromatic rings. The molecule has 0 saturated carbocycles. The molecule has 1 atom stereocenters. The van der Waals surface area contributed by atoms with E-state index < -0.39 is 6.04 Å². The van der Waals surface area contributed by atoms with Crippen LogP contribution in [0.4, 0.5) is 4.39 Å². The highest BCUT2D eigenvalue weighted by atomic mass is 19.1. The second-order valence-electron chi connectivity index (χ2n) is 4.49. The molecule has 1 aromatic carbocycles. The predicted octanol–water partition coefficient (Wildman–Crippen LogP) is 3.32. The normalized spacial score (nSPS) is 12.8. The van der Waals surface area contributed by atoms with Crippen molar-refractivity contribution in [3.63, 3.8) is 0 Å². The minimum absolute atomic E-state index is 0.237. The van der Waals surface area contributed by atoms with E-state index in [1.165, 1.54) is 6.07 Å². The van der Waals surface area contributed by atoms with Gasteiger partial charge in [0, 0.05) is 11.1 Å². The summed E-state index contributed by atoms with van der Waals surface area (Å²) in [6.07, 6.45) is 0. The van der Waals surface area contributed by atoms with E-state index >= 15 is 0 Å². The number of hydrogen-bond donors (Lipinski definition) is 1. The van der Waals surface area contributed by atoms with Crippen LogP contribution in [-0.2, 0) is 0 Å². The first-order valence-corrected chi connectivity index (χ1v) is 6.02. The van der Waals surface area contributed by atoms with E-state index in [0.29, 0.717) is 16.8 Å². The van der Waals surface area contributed by atoms with Gasteiger partial charge in [-0.05, 0) is 31.2 Å². The summed E-state index contributed by atoms with van der Waals surface area (Å²) in [5.41, 5.74) is 7.95. The number of aryl methyl sites for hydroxylation is 1. The number of benzene rings is 1. The highest BCUT2D eigenvalue weighted by Crippen LogP contribution is 2.27. The summed E-state index contributed by atoms with van der Waals surface area (Å²) in [4.78, 5) is 4.36. The molecule has 0 radical (unpaired) electrons. The Kier molecular flexibility index (Phi) is 2.80. The molecule has 0 saturated heterocycles. The van der Waals surface area contributed by atoms with Crippen molar-refractivity contribution in [3.05, 3.63) is 65.4 Å². The van der Waals surface area contributed by atoms with Crippen LogP contribution in [0.2, 0.25) is 0 Å². The summed E-state index contributed by atoms with van der Waals surface area (Å²) in [5, 5.41) is 0.707. The van der Waals surface area contributed by atoms with Crippen LogP contribution < -0.4 is 5.73 Å². The Balaban J connectivity index is 2.06. The van der Waals surface area contributed by atoms with Crippen molar-refractivity contribution in [2.45, 2.75) is 13.0 Å². The first-order chi connectivity index (χ1) is 9.15. The average Bonchev–Trinajstić information content (AvgIpc) is 2.83. The summed E-state index contributed by atoms with van der Waals surface area (Å²) in [5.74, 6) is 0.131. The molecule has 3 rings (SSSR count). The molecule has 2 heterocycles. The van der Waals surface area contributed by atoms with Gasteiger partial charge < -0.3 is 10.2 Å². The molecular formula is C15H13FN2O. The van der Waals surface area contributed by atoms with E-state index in [1.54, 1.807) is 18.2 Å². The van der Waals surface area contributed by atoms with E-state index in [9.17, 15) is 4.39 Å². The molecule has 0 bridgehead atoms. The lowest BCUT2D eigenvalue weighted by Crippen LogP contribution is -2.12. The summed E-state index contributed by atoms with van der Waals surface area (Å²) < 4.78 is 19.1. The van der Waals surface area contributed by atoms with E-state index in [-0.39, 0.29) is 11.4 Å². The Morgan fingerprint density at radius 3 is 2.74 bits per heavy atom. The molecule has 4 heteroatoms. The summed E-state index contributed by atoms with van der Waals surface area (Å²) in [7, 11) is 0. The van der Waals surface area contributed by atoms with Gasteiger partial charge in [0.1, 0.15) is 11.8 Å². The SMILES string of the molecule is Cc1cccc(C(N)c2cc3cccc(F)c3o2)n1. The Hall–Kier alpha value is -2.20. The second-order valence-corrected chi connectivity index (χ2v) is 4.49. The smallest absolute Gasteiger partial charge is 0.169 e. The Bertz CT molecular complexity index is 736. The third-order valence-electron chi connectivity index (χ3n) is 3.05. The molecule has 0 spiro atoms. The zero-order chi connectivity index (χ0) is 13.4. The maximum atomic E-state index is 13.6. The van der Waals surface area contributed by atoms with E-state index in [0.717, 1.165) is 5.69 Å². The number of aromatic nitrogens is 1. The molecule has 0 aliphatic carbocycles. The van der Waals surface area contributed by atoms with Crippen LogP contribution in [0.5, 0.6) is 0 Å². The quantitative estimate of drug-likeness (QED) is 0.765. The van der Waals surface area contributed by atoms with Crippen LogP contribution in [0.15, 0.2) is 46.9 Å². The maximum absolute atomic E-state index is 13.6. The molecule has 0 aliphatic rings. The number of nitrogens with two attached hydrogens (primary N) is 1. The molecule has 2 N–H and O–H groups in total. The van der Waals surface area contributed by atoms with Crippen LogP contribution in [0.25, 0.3) is 11.0 Å². The molecule has 96 valence electrons. The van der Waals surface area contributed by atoms with Gasteiger partial charge in [-0.3, -0.25) is 4.98 Å². The fourth-order valence-corrected chi connectivity index (χ4v) is 2.08. The Labute approximate surface area is 109 Å². The summed E-state index contributed by atoms with van der Waals surface area (Å²) in [6, 6.07) is 11.7. The number of fused-ring (bicyclic) bond motifs is 1. The van der Waals surface area contributed by atoms with E-state index in [4.69, 9.17) is 10.2 Å². The Morgan fingerprint density at radius 1 is 1.21 bits per heavy atom. The first-order valence-electron chi connectivity index (χ1n) is 6.02. The molecule has 0 amide bonds. The van der Waals surface area contributed by atoms with Crippen molar-refractivity contribution < 1.29 is 8.81 Å². The van der Waals surface area contributed by atoms with Crippen LogP contribution >= 0.6 is 0 Å². The average molecular weight is 256 g/mol. The van der Waals surface area contributed by atoms with Crippen molar-refractivity contribution in [1.82, 2.24) is 4.98 Å². The molecule has 0 fully saturated rings. The monoisotopic (exact) mass is 256 g/mol. The first kappa shape index (κ1) is 11.9. The fourth-order valence-electron chi connectivity index (χ4n) is 2.08. The lowest BCUT2D eigenvalue weighted by molar-refractivity contribution is 0.499. The highest BCUT2D eigenvalue weighted by molar-refractivity contribution is 5.78. The van der Waals surface area contributed by atoms with Crippen molar-refractivity contribution in [2.75, 3.05) is 0 Å². The lowest BCUT2D eigenvalue weighted by Gasteiger charge is -2.08. The van der Waals surface area contributed by atoms with Crippen LogP contribution in [0.3, 0.4) is 0 Å². The minimum atomic E-state index is -0.494. The van der Waals surface area contributed by atoms with E-state index in [2.05, 4.69) is 4.98 Å². The highest BCUT2D eigenvalue weighted by Gasteiger charge is 2.16. The van der Waals surface area contributed by atoms with Gasteiger partial charge in [-0.15, -0.1) is 0 Å². The second kappa shape index (κ2) is 4.48. The minimum Gasteiger partial charge on any atom is -0.456 e. The van der Waals surface area contributed by atoms with Gasteiger partial charge in [0.15, 0.2) is 11.4 Å². The third kappa shape index (κ3) is 2.11. The van der Waals surface area contributed by atoms with Crippen molar-refractivity contribution in [2.24, 2.45) is 5.73 Å². The van der Waals surface area contributed by atoms with Gasteiger partial charge in [-0.2, -0.15) is 0 Å². The number of furan rings is 1. The molecular weight excluding hydrogens is 243 g/mol. The van der Waals surface area contributed by atoms with Gasteiger partial charge in [0.2, 0.25) is 0 Å². The largest absolute Gasteiger partial charge is 0.456 e. The number of rotatable bonds is 2. The zero-order valence-electron chi connectivity index (χ0n) is 10.4. The van der Waals surface area contributed by atoms with Gasteiger partial charge in [-0.25, -0.2) is 4.39 Å². The summed E-state index contributed by atoms with van der Waals surface area (Å²) in [6.45, 7) is 1.90. The van der Waals surface area contributed by atoms with Crippen LogP contribution in [0, 0.1) is 12.7 Å². The predicted molar refractivity (Wildman–Crippen MR) is 71.2 cm³/mol. The third-order valence-corrected chi connectivity index (χ3v) is 3.05.